The highest BCUT2D eigenvalue weighted by atomic mass is 16.4. The van der Waals surface area contributed by atoms with Crippen molar-refractivity contribution in [3.05, 3.63) is 18.1 Å². The first-order valence-electron chi connectivity index (χ1n) is 6.78. The number of hydrogen-bond acceptors (Lipinski definition) is 4. The molecule has 0 bridgehead atoms. The van der Waals surface area contributed by atoms with E-state index in [2.05, 4.69) is 29.1 Å². The van der Waals surface area contributed by atoms with Crippen molar-refractivity contribution in [1.29, 1.82) is 0 Å². The molecule has 1 aromatic heterocycles. The van der Waals surface area contributed by atoms with Crippen LogP contribution in [0.15, 0.2) is 12.4 Å². The van der Waals surface area contributed by atoms with Crippen LogP contribution in [0.1, 0.15) is 51.1 Å². The normalized spacial score (nSPS) is 17.0. The maximum Gasteiger partial charge on any atom is 0.303 e. The van der Waals surface area contributed by atoms with Crippen LogP contribution in [0.3, 0.4) is 0 Å². The van der Waals surface area contributed by atoms with Gasteiger partial charge in [-0.25, -0.2) is 9.97 Å². The molecule has 0 aromatic carbocycles. The van der Waals surface area contributed by atoms with Gasteiger partial charge in [-0.15, -0.1) is 0 Å². The molecule has 104 valence electrons. The number of nitrogens with zero attached hydrogens (tertiary/aromatic N) is 2. The largest absolute Gasteiger partial charge is 0.481 e. The lowest BCUT2D eigenvalue weighted by molar-refractivity contribution is -0.141. The Morgan fingerprint density at radius 1 is 1.47 bits per heavy atom. The standard InChI is InChI=1S/C14H21N3O2/c1-10(2)11-6-12(17-9-16-11)15-8-14(4-3-5-14)7-13(18)19/h6,9-10H,3-5,7-8H2,1-2H3,(H,18,19)(H,15,16,17). The van der Waals surface area contributed by atoms with Gasteiger partial charge in [0.15, 0.2) is 0 Å². The maximum absolute atomic E-state index is 10.9. The van der Waals surface area contributed by atoms with Gasteiger partial charge >= 0.3 is 5.97 Å². The van der Waals surface area contributed by atoms with Gasteiger partial charge in [0.2, 0.25) is 0 Å². The highest BCUT2D eigenvalue weighted by molar-refractivity contribution is 5.68. The molecule has 0 radical (unpaired) electrons. The molecule has 19 heavy (non-hydrogen) atoms. The molecule has 0 spiro atoms. The van der Waals surface area contributed by atoms with E-state index >= 15 is 0 Å². The molecule has 2 N–H and O–H groups in total. The molecule has 0 unspecified atom stereocenters. The summed E-state index contributed by atoms with van der Waals surface area (Å²) in [7, 11) is 0. The molecule has 1 fully saturated rings. The van der Waals surface area contributed by atoms with Gasteiger partial charge < -0.3 is 10.4 Å². The van der Waals surface area contributed by atoms with Crippen LogP contribution in [0.25, 0.3) is 0 Å². The zero-order chi connectivity index (χ0) is 13.9. The Kier molecular flexibility index (Phi) is 4.02. The number of aliphatic carboxylic acids is 1. The minimum Gasteiger partial charge on any atom is -0.481 e. The Morgan fingerprint density at radius 2 is 2.21 bits per heavy atom. The molecule has 0 atom stereocenters. The van der Waals surface area contributed by atoms with Crippen LogP contribution in [0.4, 0.5) is 5.82 Å². The van der Waals surface area contributed by atoms with Crippen molar-refractivity contribution in [2.45, 2.75) is 45.4 Å². The van der Waals surface area contributed by atoms with Gasteiger partial charge in [0.05, 0.1) is 6.42 Å². The van der Waals surface area contributed by atoms with Gasteiger partial charge in [-0.3, -0.25) is 4.79 Å². The van der Waals surface area contributed by atoms with E-state index in [4.69, 9.17) is 5.11 Å². The Balaban J connectivity index is 1.97. The SMILES string of the molecule is CC(C)c1cc(NCC2(CC(=O)O)CCC2)ncn1. The van der Waals surface area contributed by atoms with Gasteiger partial charge in [-0.05, 0) is 24.2 Å². The molecule has 0 saturated heterocycles. The third-order valence-electron chi connectivity index (χ3n) is 3.86. The van der Waals surface area contributed by atoms with Crippen molar-refractivity contribution >= 4 is 11.8 Å². The monoisotopic (exact) mass is 263 g/mol. The summed E-state index contributed by atoms with van der Waals surface area (Å²) in [4.78, 5) is 19.3. The predicted molar refractivity (Wildman–Crippen MR) is 73.1 cm³/mol. The molecule has 1 aliphatic carbocycles. The predicted octanol–water partition coefficient (Wildman–Crippen LogP) is 2.66. The van der Waals surface area contributed by atoms with E-state index in [1.807, 2.05) is 6.07 Å². The summed E-state index contributed by atoms with van der Waals surface area (Å²) in [5, 5.41) is 12.2. The minimum absolute atomic E-state index is 0.0885. The molecular weight excluding hydrogens is 242 g/mol. The first kappa shape index (κ1) is 13.8. The van der Waals surface area contributed by atoms with Crippen LogP contribution < -0.4 is 5.32 Å². The molecule has 1 aliphatic rings. The van der Waals surface area contributed by atoms with Crippen molar-refractivity contribution in [3.8, 4) is 0 Å². The summed E-state index contributed by atoms with van der Waals surface area (Å²) in [5.41, 5.74) is 0.910. The average Bonchev–Trinajstić information content (AvgIpc) is 2.32. The molecule has 0 amide bonds. The lowest BCUT2D eigenvalue weighted by Crippen LogP contribution is -2.38. The van der Waals surface area contributed by atoms with Crippen LogP contribution in [-0.2, 0) is 4.79 Å². The minimum atomic E-state index is -0.716. The second-order valence-electron chi connectivity index (χ2n) is 5.76. The molecular formula is C14H21N3O2. The lowest BCUT2D eigenvalue weighted by Gasteiger charge is -2.41. The van der Waals surface area contributed by atoms with Crippen molar-refractivity contribution in [2.24, 2.45) is 5.41 Å². The summed E-state index contributed by atoms with van der Waals surface area (Å²) in [6, 6.07) is 1.94. The Hall–Kier alpha value is -1.65. The van der Waals surface area contributed by atoms with E-state index < -0.39 is 5.97 Å². The van der Waals surface area contributed by atoms with Gasteiger partial charge in [0.1, 0.15) is 12.1 Å². The van der Waals surface area contributed by atoms with E-state index in [0.717, 1.165) is 30.8 Å². The van der Waals surface area contributed by atoms with Gasteiger partial charge in [0, 0.05) is 18.3 Å². The third kappa shape index (κ3) is 3.43. The van der Waals surface area contributed by atoms with Gasteiger partial charge in [0.25, 0.3) is 0 Å². The van der Waals surface area contributed by atoms with Crippen LogP contribution in [0, 0.1) is 5.41 Å². The first-order chi connectivity index (χ1) is 9.01. The van der Waals surface area contributed by atoms with Crippen molar-refractivity contribution in [1.82, 2.24) is 9.97 Å². The molecule has 2 rings (SSSR count). The first-order valence-corrected chi connectivity index (χ1v) is 6.78. The fraction of sp³-hybridized carbons (Fsp3) is 0.643. The Morgan fingerprint density at radius 3 is 2.74 bits per heavy atom. The number of carboxylic acids is 1. The van der Waals surface area contributed by atoms with Gasteiger partial charge in [-0.1, -0.05) is 20.3 Å². The summed E-state index contributed by atoms with van der Waals surface area (Å²) in [5.74, 6) is 0.433. The molecule has 1 saturated carbocycles. The van der Waals surface area contributed by atoms with Gasteiger partial charge in [-0.2, -0.15) is 0 Å². The number of anilines is 1. The molecule has 1 heterocycles. The van der Waals surface area contributed by atoms with E-state index in [0.29, 0.717) is 12.5 Å². The fourth-order valence-corrected chi connectivity index (χ4v) is 2.48. The Labute approximate surface area is 113 Å². The number of nitrogens with one attached hydrogen (secondary N) is 1. The quantitative estimate of drug-likeness (QED) is 0.825. The van der Waals surface area contributed by atoms with E-state index in [-0.39, 0.29) is 11.8 Å². The number of hydrogen-bond donors (Lipinski definition) is 2. The van der Waals surface area contributed by atoms with Crippen molar-refractivity contribution < 1.29 is 9.90 Å². The maximum atomic E-state index is 10.9. The zero-order valence-electron chi connectivity index (χ0n) is 11.5. The summed E-state index contributed by atoms with van der Waals surface area (Å²) in [6.45, 7) is 4.85. The Bertz CT molecular complexity index is 456. The summed E-state index contributed by atoms with van der Waals surface area (Å²) < 4.78 is 0. The van der Waals surface area contributed by atoms with Crippen LogP contribution >= 0.6 is 0 Å². The zero-order valence-corrected chi connectivity index (χ0v) is 11.5. The lowest BCUT2D eigenvalue weighted by atomic mass is 9.66. The average molecular weight is 263 g/mol. The van der Waals surface area contributed by atoms with E-state index in [9.17, 15) is 4.79 Å². The number of carboxylic acid groups (broad SMARTS) is 1. The van der Waals surface area contributed by atoms with Crippen molar-refractivity contribution in [2.75, 3.05) is 11.9 Å². The molecule has 0 aliphatic heterocycles. The second kappa shape index (κ2) is 5.55. The highest BCUT2D eigenvalue weighted by Gasteiger charge is 2.38. The summed E-state index contributed by atoms with van der Waals surface area (Å²) >= 11 is 0. The molecule has 5 heteroatoms. The number of rotatable bonds is 6. The number of carbonyl (C=O) groups is 1. The fourth-order valence-electron chi connectivity index (χ4n) is 2.48. The van der Waals surface area contributed by atoms with Crippen LogP contribution in [0.2, 0.25) is 0 Å². The van der Waals surface area contributed by atoms with Crippen LogP contribution in [-0.4, -0.2) is 27.6 Å². The molecule has 1 aromatic rings. The van der Waals surface area contributed by atoms with Crippen LogP contribution in [0.5, 0.6) is 0 Å². The highest BCUT2D eigenvalue weighted by Crippen LogP contribution is 2.43. The second-order valence-corrected chi connectivity index (χ2v) is 5.76. The smallest absolute Gasteiger partial charge is 0.303 e. The molecule has 5 nitrogen and oxygen atoms in total. The third-order valence-corrected chi connectivity index (χ3v) is 3.86. The summed E-state index contributed by atoms with van der Waals surface area (Å²) in [6.07, 6.45) is 4.88. The number of aromatic nitrogens is 2. The van der Waals surface area contributed by atoms with E-state index in [1.54, 1.807) is 6.33 Å². The van der Waals surface area contributed by atoms with Crippen molar-refractivity contribution in [3.63, 3.8) is 0 Å². The van der Waals surface area contributed by atoms with E-state index in [1.165, 1.54) is 0 Å². The topological polar surface area (TPSA) is 75.1 Å².